The molecule has 2 rings (SSSR count). The number of imidazole rings is 1. The van der Waals surface area contributed by atoms with Gasteiger partial charge in [-0.1, -0.05) is 13.8 Å². The number of fused-ring (bicyclic) bond motifs is 1. The Morgan fingerprint density at radius 2 is 1.85 bits per heavy atom. The molecule has 2 aromatic heterocycles. The van der Waals surface area contributed by atoms with E-state index in [0.717, 1.165) is 11.0 Å². The molecule has 0 spiro atoms. The first-order valence-electron chi connectivity index (χ1n) is 6.64. The first-order chi connectivity index (χ1) is 9.38. The summed E-state index contributed by atoms with van der Waals surface area (Å²) in [5.41, 5.74) is -0.0928. The lowest BCUT2D eigenvalue weighted by Crippen LogP contribution is -2.37. The number of hydrogen-bond donors (Lipinski definition) is 1. The van der Waals surface area contributed by atoms with Gasteiger partial charge in [0.2, 0.25) is 0 Å². The van der Waals surface area contributed by atoms with Crippen LogP contribution in [0.5, 0.6) is 0 Å². The summed E-state index contributed by atoms with van der Waals surface area (Å²) >= 11 is 0. The topological polar surface area (TPSA) is 82.1 Å². The lowest BCUT2D eigenvalue weighted by atomic mass is 10.1. The highest BCUT2D eigenvalue weighted by Gasteiger charge is 2.18. The van der Waals surface area contributed by atoms with E-state index in [4.69, 9.17) is 0 Å². The molecule has 1 N–H and O–H groups in total. The van der Waals surface area contributed by atoms with Crippen molar-refractivity contribution in [3.63, 3.8) is 0 Å². The number of rotatable bonds is 4. The van der Waals surface area contributed by atoms with Crippen LogP contribution in [0.3, 0.4) is 0 Å². The van der Waals surface area contributed by atoms with Crippen LogP contribution in [-0.2, 0) is 27.2 Å². The predicted octanol–water partition coefficient (Wildman–Crippen LogP) is -0.0279. The Labute approximate surface area is 116 Å². The Morgan fingerprint density at radius 3 is 2.40 bits per heavy atom. The number of aromatic nitrogens is 4. The fraction of sp³-hybridized carbons (Fsp3) is 0.615. The second kappa shape index (κ2) is 5.24. The summed E-state index contributed by atoms with van der Waals surface area (Å²) in [4.78, 5) is 28.4. The highest BCUT2D eigenvalue weighted by atomic mass is 16.3. The van der Waals surface area contributed by atoms with Gasteiger partial charge in [0.25, 0.3) is 5.56 Å². The summed E-state index contributed by atoms with van der Waals surface area (Å²) in [7, 11) is 3.02. The van der Waals surface area contributed by atoms with Crippen molar-refractivity contribution >= 4 is 11.2 Å². The summed E-state index contributed by atoms with van der Waals surface area (Å²) in [6.45, 7) is 4.51. The van der Waals surface area contributed by atoms with Crippen molar-refractivity contribution in [3.8, 4) is 0 Å². The van der Waals surface area contributed by atoms with Gasteiger partial charge >= 0.3 is 5.69 Å². The molecule has 0 amide bonds. The minimum atomic E-state index is -0.416. The molecule has 0 aliphatic carbocycles. The van der Waals surface area contributed by atoms with E-state index < -0.39 is 5.69 Å². The SMILES string of the molecule is CC(C)CCn1c(CO)nc2c1c(=O)n(C)c(=O)n2C. The van der Waals surface area contributed by atoms with Gasteiger partial charge in [0.1, 0.15) is 12.4 Å². The lowest BCUT2D eigenvalue weighted by Gasteiger charge is -2.10. The standard InChI is InChI=1S/C13H20N4O3/c1-8(2)5-6-17-9(7-18)14-11-10(17)12(19)16(4)13(20)15(11)3/h8,18H,5-7H2,1-4H3. The van der Waals surface area contributed by atoms with Crippen LogP contribution in [0, 0.1) is 5.92 Å². The Morgan fingerprint density at radius 1 is 1.20 bits per heavy atom. The van der Waals surface area contributed by atoms with E-state index in [9.17, 15) is 14.7 Å². The summed E-state index contributed by atoms with van der Waals surface area (Å²) in [5, 5.41) is 9.43. The Balaban J connectivity index is 2.79. The first kappa shape index (κ1) is 14.5. The average molecular weight is 280 g/mol. The van der Waals surface area contributed by atoms with Crippen molar-refractivity contribution in [2.45, 2.75) is 33.4 Å². The van der Waals surface area contributed by atoms with Crippen LogP contribution >= 0.6 is 0 Å². The van der Waals surface area contributed by atoms with Crippen LogP contribution in [-0.4, -0.2) is 23.8 Å². The first-order valence-corrected chi connectivity index (χ1v) is 6.64. The number of nitrogens with zero attached hydrogens (tertiary/aromatic N) is 4. The van der Waals surface area contributed by atoms with Crippen LogP contribution in [0.2, 0.25) is 0 Å². The third kappa shape index (κ3) is 2.18. The summed E-state index contributed by atoms with van der Waals surface area (Å²) in [5.74, 6) is 0.884. The monoisotopic (exact) mass is 280 g/mol. The van der Waals surface area contributed by atoms with Crippen molar-refractivity contribution < 1.29 is 5.11 Å². The fourth-order valence-corrected chi connectivity index (χ4v) is 2.24. The molecule has 0 saturated carbocycles. The number of aliphatic hydroxyl groups is 1. The molecule has 110 valence electrons. The van der Waals surface area contributed by atoms with Crippen LogP contribution in [0.1, 0.15) is 26.1 Å². The lowest BCUT2D eigenvalue weighted by molar-refractivity contribution is 0.264. The maximum atomic E-state index is 12.3. The quantitative estimate of drug-likeness (QED) is 0.853. The van der Waals surface area contributed by atoms with Crippen molar-refractivity contribution in [3.05, 3.63) is 26.7 Å². The molecule has 0 aromatic carbocycles. The fourth-order valence-electron chi connectivity index (χ4n) is 2.24. The predicted molar refractivity (Wildman–Crippen MR) is 75.6 cm³/mol. The normalized spacial score (nSPS) is 11.7. The van der Waals surface area contributed by atoms with Crippen molar-refractivity contribution in [1.29, 1.82) is 0 Å². The largest absolute Gasteiger partial charge is 0.388 e. The van der Waals surface area contributed by atoms with E-state index >= 15 is 0 Å². The zero-order chi connectivity index (χ0) is 15.0. The molecule has 20 heavy (non-hydrogen) atoms. The molecular formula is C13H20N4O3. The molecule has 7 nitrogen and oxygen atoms in total. The van der Waals surface area contributed by atoms with Gasteiger partial charge in [-0.25, -0.2) is 9.78 Å². The van der Waals surface area contributed by atoms with Crippen molar-refractivity contribution in [1.82, 2.24) is 18.7 Å². The van der Waals surface area contributed by atoms with E-state index in [1.54, 1.807) is 11.6 Å². The van der Waals surface area contributed by atoms with E-state index in [-0.39, 0.29) is 12.2 Å². The second-order valence-electron chi connectivity index (χ2n) is 5.40. The van der Waals surface area contributed by atoms with Gasteiger partial charge in [-0.15, -0.1) is 0 Å². The molecular weight excluding hydrogens is 260 g/mol. The summed E-state index contributed by atoms with van der Waals surface area (Å²) in [6.07, 6.45) is 0.866. The molecule has 0 aliphatic heterocycles. The molecule has 0 aliphatic rings. The van der Waals surface area contributed by atoms with Gasteiger partial charge in [-0.2, -0.15) is 0 Å². The smallest absolute Gasteiger partial charge is 0.332 e. The van der Waals surface area contributed by atoms with Gasteiger partial charge in [-0.05, 0) is 12.3 Å². The van der Waals surface area contributed by atoms with Crippen LogP contribution in [0.15, 0.2) is 9.59 Å². The van der Waals surface area contributed by atoms with Crippen LogP contribution < -0.4 is 11.2 Å². The van der Waals surface area contributed by atoms with Crippen LogP contribution in [0.4, 0.5) is 0 Å². The Bertz CT molecular complexity index is 752. The number of aliphatic hydroxyl groups excluding tert-OH is 1. The van der Waals surface area contributed by atoms with E-state index in [0.29, 0.717) is 29.5 Å². The second-order valence-corrected chi connectivity index (χ2v) is 5.40. The van der Waals surface area contributed by atoms with Crippen LogP contribution in [0.25, 0.3) is 11.2 Å². The van der Waals surface area contributed by atoms with Gasteiger partial charge < -0.3 is 9.67 Å². The molecule has 7 heteroatoms. The molecule has 0 bridgehead atoms. The summed E-state index contributed by atoms with van der Waals surface area (Å²) in [6, 6.07) is 0. The van der Waals surface area contributed by atoms with Gasteiger partial charge in [0.05, 0.1) is 0 Å². The third-order valence-electron chi connectivity index (χ3n) is 3.50. The van der Waals surface area contributed by atoms with E-state index in [1.807, 2.05) is 0 Å². The zero-order valence-electron chi connectivity index (χ0n) is 12.3. The highest BCUT2D eigenvalue weighted by Crippen LogP contribution is 2.13. The Kier molecular flexibility index (Phi) is 3.80. The highest BCUT2D eigenvalue weighted by molar-refractivity contribution is 5.71. The molecule has 0 fully saturated rings. The minimum absolute atomic E-state index is 0.260. The average Bonchev–Trinajstić information content (AvgIpc) is 2.79. The molecule has 0 radical (unpaired) electrons. The molecule has 0 atom stereocenters. The van der Waals surface area contributed by atoms with Crippen molar-refractivity contribution in [2.75, 3.05) is 0 Å². The van der Waals surface area contributed by atoms with Gasteiger partial charge in [0, 0.05) is 20.6 Å². The maximum Gasteiger partial charge on any atom is 0.332 e. The molecule has 0 saturated heterocycles. The molecule has 2 heterocycles. The summed E-state index contributed by atoms with van der Waals surface area (Å²) < 4.78 is 4.12. The molecule has 0 unspecified atom stereocenters. The van der Waals surface area contributed by atoms with Crippen molar-refractivity contribution in [2.24, 2.45) is 20.0 Å². The van der Waals surface area contributed by atoms with Gasteiger partial charge in [-0.3, -0.25) is 13.9 Å². The van der Waals surface area contributed by atoms with E-state index in [1.165, 1.54) is 11.6 Å². The number of aryl methyl sites for hydroxylation is 2. The molecule has 2 aromatic rings. The third-order valence-corrected chi connectivity index (χ3v) is 3.50. The maximum absolute atomic E-state index is 12.3. The minimum Gasteiger partial charge on any atom is -0.388 e. The Hall–Kier alpha value is -1.89. The zero-order valence-corrected chi connectivity index (χ0v) is 12.3. The van der Waals surface area contributed by atoms with E-state index in [2.05, 4.69) is 18.8 Å². The van der Waals surface area contributed by atoms with Gasteiger partial charge in [0.15, 0.2) is 11.2 Å². The number of hydrogen-bond acceptors (Lipinski definition) is 4.